The van der Waals surface area contributed by atoms with Gasteiger partial charge in [0.25, 0.3) is 11.6 Å². The van der Waals surface area contributed by atoms with Crippen molar-refractivity contribution < 1.29 is 14.5 Å². The highest BCUT2D eigenvalue weighted by molar-refractivity contribution is 9.10. The molecule has 2 aromatic rings. The van der Waals surface area contributed by atoms with E-state index >= 15 is 0 Å². The van der Waals surface area contributed by atoms with Gasteiger partial charge in [0.05, 0.1) is 17.1 Å². The minimum absolute atomic E-state index is 0.0324. The molecule has 0 spiro atoms. The topological polar surface area (TPSA) is 93.5 Å². The SMILES string of the molecule is CCCOc1ccc(Br)cc1C(=O)NC(=S)Nc1cc([N+](=O)[O-])ccc1C. The number of anilines is 1. The van der Waals surface area contributed by atoms with E-state index in [-0.39, 0.29) is 10.8 Å². The van der Waals surface area contributed by atoms with Gasteiger partial charge in [-0.3, -0.25) is 20.2 Å². The van der Waals surface area contributed by atoms with Gasteiger partial charge in [-0.05, 0) is 49.3 Å². The van der Waals surface area contributed by atoms with Gasteiger partial charge < -0.3 is 10.1 Å². The van der Waals surface area contributed by atoms with Gasteiger partial charge in [0.1, 0.15) is 5.75 Å². The second kappa shape index (κ2) is 9.43. The van der Waals surface area contributed by atoms with Crippen LogP contribution in [-0.4, -0.2) is 22.5 Å². The minimum Gasteiger partial charge on any atom is -0.493 e. The van der Waals surface area contributed by atoms with Gasteiger partial charge in [-0.25, -0.2) is 0 Å². The van der Waals surface area contributed by atoms with Crippen LogP contribution in [0.2, 0.25) is 0 Å². The molecule has 2 rings (SSSR count). The fourth-order valence-corrected chi connectivity index (χ4v) is 2.76. The number of carbonyl (C=O) groups is 1. The largest absolute Gasteiger partial charge is 0.493 e. The molecule has 0 fully saturated rings. The van der Waals surface area contributed by atoms with Crippen molar-refractivity contribution in [3.63, 3.8) is 0 Å². The third-order valence-electron chi connectivity index (χ3n) is 3.56. The Balaban J connectivity index is 2.15. The number of nitrogens with one attached hydrogen (secondary N) is 2. The summed E-state index contributed by atoms with van der Waals surface area (Å²) >= 11 is 8.51. The Morgan fingerprint density at radius 3 is 2.70 bits per heavy atom. The van der Waals surface area contributed by atoms with E-state index in [0.29, 0.717) is 23.6 Å². The molecule has 0 saturated heterocycles. The number of carbonyl (C=O) groups excluding carboxylic acids is 1. The third kappa shape index (κ3) is 5.73. The first-order valence-corrected chi connectivity index (χ1v) is 9.31. The molecule has 0 aliphatic carbocycles. The number of amides is 1. The number of ether oxygens (including phenoxy) is 1. The van der Waals surface area contributed by atoms with E-state index in [1.807, 2.05) is 6.92 Å². The first-order valence-electron chi connectivity index (χ1n) is 8.11. The fourth-order valence-electron chi connectivity index (χ4n) is 2.20. The van der Waals surface area contributed by atoms with E-state index in [1.165, 1.54) is 12.1 Å². The Hall–Kier alpha value is -2.52. The molecule has 0 bridgehead atoms. The molecule has 2 aromatic carbocycles. The molecule has 0 aliphatic heterocycles. The van der Waals surface area contributed by atoms with Crippen molar-refractivity contribution in [2.45, 2.75) is 20.3 Å². The Bertz CT molecular complexity index is 889. The number of nitrogens with zero attached hydrogens (tertiary/aromatic N) is 1. The summed E-state index contributed by atoms with van der Waals surface area (Å²) in [6.07, 6.45) is 0.809. The van der Waals surface area contributed by atoms with Crippen LogP contribution in [0, 0.1) is 17.0 Å². The van der Waals surface area contributed by atoms with E-state index in [1.54, 1.807) is 31.2 Å². The third-order valence-corrected chi connectivity index (χ3v) is 4.25. The number of nitro benzene ring substituents is 1. The summed E-state index contributed by atoms with van der Waals surface area (Å²) in [5, 5.41) is 16.4. The van der Waals surface area contributed by atoms with E-state index in [0.717, 1.165) is 16.5 Å². The summed E-state index contributed by atoms with van der Waals surface area (Å²) in [6, 6.07) is 9.50. The number of non-ortho nitro benzene ring substituents is 1. The van der Waals surface area contributed by atoms with E-state index in [9.17, 15) is 14.9 Å². The highest BCUT2D eigenvalue weighted by Gasteiger charge is 2.16. The molecule has 142 valence electrons. The molecule has 9 heteroatoms. The predicted molar refractivity (Wildman–Crippen MR) is 111 cm³/mol. The van der Waals surface area contributed by atoms with Crippen molar-refractivity contribution in [1.82, 2.24) is 5.32 Å². The van der Waals surface area contributed by atoms with Gasteiger partial charge in [-0.2, -0.15) is 0 Å². The summed E-state index contributed by atoms with van der Waals surface area (Å²) in [6.45, 7) is 4.23. The molecule has 0 heterocycles. The first kappa shape index (κ1) is 20.8. The highest BCUT2D eigenvalue weighted by atomic mass is 79.9. The number of hydrogen-bond donors (Lipinski definition) is 2. The molecule has 2 N–H and O–H groups in total. The molecule has 0 aliphatic rings. The Morgan fingerprint density at radius 2 is 2.04 bits per heavy atom. The average Bonchev–Trinajstić information content (AvgIpc) is 2.62. The lowest BCUT2D eigenvalue weighted by atomic mass is 10.2. The molecule has 0 saturated carbocycles. The molecule has 7 nitrogen and oxygen atoms in total. The normalized spacial score (nSPS) is 10.2. The maximum atomic E-state index is 12.6. The van der Waals surface area contributed by atoms with Crippen LogP contribution in [0.4, 0.5) is 11.4 Å². The lowest BCUT2D eigenvalue weighted by Crippen LogP contribution is -2.34. The van der Waals surface area contributed by atoms with Gasteiger partial charge in [-0.15, -0.1) is 0 Å². The maximum Gasteiger partial charge on any atom is 0.271 e. The monoisotopic (exact) mass is 451 g/mol. The summed E-state index contributed by atoms with van der Waals surface area (Å²) in [5.41, 5.74) is 1.47. The molecular formula is C18H18BrN3O4S. The Kier molecular flexibility index (Phi) is 7.26. The van der Waals surface area contributed by atoms with Crippen LogP contribution in [0.3, 0.4) is 0 Å². The van der Waals surface area contributed by atoms with Crippen molar-refractivity contribution in [2.24, 2.45) is 0 Å². The smallest absolute Gasteiger partial charge is 0.271 e. The number of halogens is 1. The number of aryl methyl sites for hydroxylation is 1. The van der Waals surface area contributed by atoms with Gasteiger partial charge in [0.15, 0.2) is 5.11 Å². The van der Waals surface area contributed by atoms with Crippen LogP contribution in [0.5, 0.6) is 5.75 Å². The van der Waals surface area contributed by atoms with Crippen LogP contribution >= 0.6 is 28.1 Å². The number of rotatable bonds is 6. The van der Waals surface area contributed by atoms with Crippen molar-refractivity contribution in [2.75, 3.05) is 11.9 Å². The molecule has 0 radical (unpaired) electrons. The van der Waals surface area contributed by atoms with Crippen LogP contribution < -0.4 is 15.4 Å². The van der Waals surface area contributed by atoms with Crippen molar-refractivity contribution in [3.05, 3.63) is 62.1 Å². The summed E-state index contributed by atoms with van der Waals surface area (Å²) in [4.78, 5) is 23.0. The molecule has 0 unspecified atom stereocenters. The second-order valence-electron chi connectivity index (χ2n) is 5.65. The molecule has 0 atom stereocenters. The number of benzene rings is 2. The van der Waals surface area contributed by atoms with Crippen molar-refractivity contribution in [3.8, 4) is 5.75 Å². The fraction of sp³-hybridized carbons (Fsp3) is 0.222. The second-order valence-corrected chi connectivity index (χ2v) is 6.98. The van der Waals surface area contributed by atoms with Crippen LogP contribution in [-0.2, 0) is 0 Å². The van der Waals surface area contributed by atoms with E-state index in [2.05, 4.69) is 26.6 Å². The lowest BCUT2D eigenvalue weighted by molar-refractivity contribution is -0.384. The standard InChI is InChI=1S/C18H18BrN3O4S/c1-3-8-26-16-7-5-12(19)9-14(16)17(23)21-18(27)20-15-10-13(22(24)25)6-4-11(15)2/h4-7,9-10H,3,8H2,1-2H3,(H2,20,21,23,27). The summed E-state index contributed by atoms with van der Waals surface area (Å²) in [5.74, 6) is 0.00914. The maximum absolute atomic E-state index is 12.6. The van der Waals surface area contributed by atoms with E-state index < -0.39 is 10.8 Å². The number of nitro groups is 1. The Labute approximate surface area is 170 Å². The quantitative estimate of drug-likeness (QED) is 0.379. The molecule has 0 aromatic heterocycles. The number of thiocarbonyl (C=S) groups is 1. The Morgan fingerprint density at radius 1 is 1.30 bits per heavy atom. The van der Waals surface area contributed by atoms with Gasteiger partial charge in [0, 0.05) is 22.3 Å². The predicted octanol–water partition coefficient (Wildman–Crippen LogP) is 4.58. The van der Waals surface area contributed by atoms with Crippen LogP contribution in [0.1, 0.15) is 29.3 Å². The number of hydrogen-bond acceptors (Lipinski definition) is 5. The zero-order valence-corrected chi connectivity index (χ0v) is 17.1. The minimum atomic E-state index is -0.495. The van der Waals surface area contributed by atoms with Gasteiger partial charge >= 0.3 is 0 Å². The lowest BCUT2D eigenvalue weighted by Gasteiger charge is -2.14. The van der Waals surface area contributed by atoms with Crippen LogP contribution in [0.25, 0.3) is 0 Å². The van der Waals surface area contributed by atoms with Crippen molar-refractivity contribution >= 4 is 50.5 Å². The van der Waals surface area contributed by atoms with Crippen molar-refractivity contribution in [1.29, 1.82) is 0 Å². The first-order chi connectivity index (χ1) is 12.8. The summed E-state index contributed by atoms with van der Waals surface area (Å²) < 4.78 is 6.33. The van der Waals surface area contributed by atoms with Gasteiger partial charge in [0.2, 0.25) is 0 Å². The molecule has 27 heavy (non-hydrogen) atoms. The highest BCUT2D eigenvalue weighted by Crippen LogP contribution is 2.24. The average molecular weight is 452 g/mol. The molecular weight excluding hydrogens is 434 g/mol. The van der Waals surface area contributed by atoms with Crippen LogP contribution in [0.15, 0.2) is 40.9 Å². The molecule has 1 amide bonds. The zero-order chi connectivity index (χ0) is 20.0. The summed E-state index contributed by atoms with van der Waals surface area (Å²) in [7, 11) is 0. The van der Waals surface area contributed by atoms with E-state index in [4.69, 9.17) is 17.0 Å². The zero-order valence-electron chi connectivity index (χ0n) is 14.7. The van der Waals surface area contributed by atoms with Gasteiger partial charge in [-0.1, -0.05) is 28.9 Å².